The van der Waals surface area contributed by atoms with E-state index in [2.05, 4.69) is 5.32 Å². The molecule has 1 aromatic carbocycles. The van der Waals surface area contributed by atoms with Crippen molar-refractivity contribution in [2.75, 3.05) is 37.7 Å². The Balaban J connectivity index is 1.80. The molecule has 6 nitrogen and oxygen atoms in total. The van der Waals surface area contributed by atoms with Crippen LogP contribution in [-0.4, -0.2) is 61.3 Å². The summed E-state index contributed by atoms with van der Waals surface area (Å²) >= 11 is 0. The molecular formula is C17H20F4N4O2. The molecule has 0 radical (unpaired) electrons. The third-order valence-electron chi connectivity index (χ3n) is 4.89. The summed E-state index contributed by atoms with van der Waals surface area (Å²) < 4.78 is 50.5. The first kappa shape index (κ1) is 19.4. The van der Waals surface area contributed by atoms with Crippen molar-refractivity contribution in [3.63, 3.8) is 0 Å². The molecule has 2 amide bonds. The van der Waals surface area contributed by atoms with Crippen LogP contribution in [0.3, 0.4) is 0 Å². The first-order valence-electron chi connectivity index (χ1n) is 8.58. The maximum absolute atomic E-state index is 13.7. The number of rotatable bonds is 4. The van der Waals surface area contributed by atoms with E-state index in [4.69, 9.17) is 0 Å². The molecule has 2 fully saturated rings. The van der Waals surface area contributed by atoms with E-state index in [0.29, 0.717) is 31.6 Å². The number of nitrogens with zero attached hydrogens (tertiary/aromatic N) is 2. The lowest BCUT2D eigenvalue weighted by Gasteiger charge is -2.40. The van der Waals surface area contributed by atoms with E-state index in [9.17, 15) is 27.2 Å². The maximum atomic E-state index is 13.7. The Morgan fingerprint density at radius 2 is 1.96 bits per heavy atom. The van der Waals surface area contributed by atoms with Gasteiger partial charge in [0.2, 0.25) is 11.8 Å². The summed E-state index contributed by atoms with van der Waals surface area (Å²) in [4.78, 5) is 27.9. The van der Waals surface area contributed by atoms with Crippen molar-refractivity contribution in [1.29, 1.82) is 0 Å². The minimum absolute atomic E-state index is 0.0156. The molecule has 1 aromatic rings. The molecule has 3 rings (SSSR count). The molecule has 0 bridgehead atoms. The van der Waals surface area contributed by atoms with Crippen molar-refractivity contribution in [2.45, 2.75) is 24.6 Å². The number of alkyl halides is 3. The standard InChI is InChI=1S/C17H20F4N4O2/c18-12-2-1-3-13(8-12)25-11-24(9-14(26)23-10-17(19,20)21)15(27)16(25)4-6-22-7-5-16/h1-3,8,22H,4-7,9-11H2,(H,23,26). The van der Waals surface area contributed by atoms with Crippen molar-refractivity contribution in [3.8, 4) is 0 Å². The van der Waals surface area contributed by atoms with Crippen molar-refractivity contribution in [2.24, 2.45) is 0 Å². The molecule has 2 N–H and O–H groups in total. The van der Waals surface area contributed by atoms with Gasteiger partial charge in [-0.25, -0.2) is 4.39 Å². The monoisotopic (exact) mass is 388 g/mol. The summed E-state index contributed by atoms with van der Waals surface area (Å²) in [5.74, 6) is -1.66. The van der Waals surface area contributed by atoms with Gasteiger partial charge in [-0.15, -0.1) is 0 Å². The average Bonchev–Trinajstić information content (AvgIpc) is 2.86. The maximum Gasteiger partial charge on any atom is 0.405 e. The molecule has 2 aliphatic rings. The third kappa shape index (κ3) is 4.15. The lowest BCUT2D eigenvalue weighted by Crippen LogP contribution is -2.56. The van der Waals surface area contributed by atoms with Gasteiger partial charge < -0.3 is 20.4 Å². The van der Waals surface area contributed by atoms with Crippen LogP contribution < -0.4 is 15.5 Å². The van der Waals surface area contributed by atoms with Crippen LogP contribution >= 0.6 is 0 Å². The van der Waals surface area contributed by atoms with E-state index >= 15 is 0 Å². The minimum Gasteiger partial charge on any atom is -0.345 e. The summed E-state index contributed by atoms with van der Waals surface area (Å²) in [6.07, 6.45) is -3.60. The van der Waals surface area contributed by atoms with Crippen molar-refractivity contribution in [3.05, 3.63) is 30.1 Å². The number of halogens is 4. The van der Waals surface area contributed by atoms with Crippen molar-refractivity contribution < 1.29 is 27.2 Å². The molecule has 10 heteroatoms. The minimum atomic E-state index is -4.52. The highest BCUT2D eigenvalue weighted by molar-refractivity contribution is 5.96. The van der Waals surface area contributed by atoms with E-state index in [0.717, 1.165) is 0 Å². The van der Waals surface area contributed by atoms with Crippen molar-refractivity contribution >= 4 is 17.5 Å². The quantitative estimate of drug-likeness (QED) is 0.762. The smallest absolute Gasteiger partial charge is 0.345 e. The van der Waals surface area contributed by atoms with Gasteiger partial charge in [0.15, 0.2) is 0 Å². The number of hydrogen-bond donors (Lipinski definition) is 2. The van der Waals surface area contributed by atoms with Gasteiger partial charge in [-0.05, 0) is 44.1 Å². The summed E-state index contributed by atoms with van der Waals surface area (Å²) in [6.45, 7) is -0.758. The van der Waals surface area contributed by atoms with Crippen molar-refractivity contribution in [1.82, 2.24) is 15.5 Å². The Bertz CT molecular complexity index is 719. The van der Waals surface area contributed by atoms with Crippen LogP contribution in [0.2, 0.25) is 0 Å². The second kappa shape index (κ2) is 7.34. The summed E-state index contributed by atoms with van der Waals surface area (Å²) in [7, 11) is 0. The number of carbonyl (C=O) groups excluding carboxylic acids is 2. The normalized spacial score (nSPS) is 19.6. The Morgan fingerprint density at radius 3 is 2.59 bits per heavy atom. The predicted octanol–water partition coefficient (Wildman–Crippen LogP) is 1.23. The van der Waals surface area contributed by atoms with Gasteiger partial charge in [0.1, 0.15) is 24.4 Å². The fourth-order valence-corrected chi connectivity index (χ4v) is 3.63. The Kier molecular flexibility index (Phi) is 5.27. The molecular weight excluding hydrogens is 368 g/mol. The topological polar surface area (TPSA) is 64.7 Å². The number of hydrogen-bond acceptors (Lipinski definition) is 4. The number of piperidine rings is 1. The molecule has 2 heterocycles. The van der Waals surface area contributed by atoms with E-state index in [1.165, 1.54) is 23.1 Å². The van der Waals surface area contributed by atoms with Gasteiger partial charge in [-0.1, -0.05) is 6.07 Å². The van der Waals surface area contributed by atoms with Crippen LogP contribution in [0.4, 0.5) is 23.2 Å². The average molecular weight is 388 g/mol. The van der Waals surface area contributed by atoms with Crippen LogP contribution in [0.15, 0.2) is 24.3 Å². The molecule has 0 aliphatic carbocycles. The molecule has 0 aromatic heterocycles. The molecule has 0 atom stereocenters. The van der Waals surface area contributed by atoms with E-state index in [-0.39, 0.29) is 12.6 Å². The molecule has 27 heavy (non-hydrogen) atoms. The zero-order valence-corrected chi connectivity index (χ0v) is 14.5. The first-order valence-corrected chi connectivity index (χ1v) is 8.58. The van der Waals surface area contributed by atoms with Gasteiger partial charge in [0, 0.05) is 5.69 Å². The van der Waals surface area contributed by atoms with Gasteiger partial charge in [0.05, 0.1) is 6.67 Å². The zero-order chi connectivity index (χ0) is 19.7. The highest BCUT2D eigenvalue weighted by Crippen LogP contribution is 2.38. The van der Waals surface area contributed by atoms with E-state index < -0.39 is 36.5 Å². The number of benzene rings is 1. The van der Waals surface area contributed by atoms with Gasteiger partial charge in [-0.2, -0.15) is 13.2 Å². The fraction of sp³-hybridized carbons (Fsp3) is 0.529. The van der Waals surface area contributed by atoms with Gasteiger partial charge in [0.25, 0.3) is 0 Å². The third-order valence-corrected chi connectivity index (χ3v) is 4.89. The lowest BCUT2D eigenvalue weighted by molar-refractivity contribution is -0.142. The van der Waals surface area contributed by atoms with Crippen LogP contribution in [0.25, 0.3) is 0 Å². The lowest BCUT2D eigenvalue weighted by atomic mass is 9.86. The Labute approximate surface area is 153 Å². The molecule has 1 spiro atoms. The van der Waals surface area contributed by atoms with Crippen LogP contribution in [-0.2, 0) is 9.59 Å². The summed E-state index contributed by atoms with van der Waals surface area (Å²) in [6, 6.07) is 5.80. The van der Waals surface area contributed by atoms with Gasteiger partial charge in [-0.3, -0.25) is 9.59 Å². The van der Waals surface area contributed by atoms with Crippen LogP contribution in [0, 0.1) is 5.82 Å². The largest absolute Gasteiger partial charge is 0.405 e. The summed E-state index contributed by atoms with van der Waals surface area (Å²) in [5.41, 5.74) is -0.424. The summed E-state index contributed by atoms with van der Waals surface area (Å²) in [5, 5.41) is 4.93. The number of nitrogens with one attached hydrogen (secondary N) is 2. The number of carbonyl (C=O) groups is 2. The fourth-order valence-electron chi connectivity index (χ4n) is 3.63. The van der Waals surface area contributed by atoms with Crippen LogP contribution in [0.5, 0.6) is 0 Å². The first-order chi connectivity index (χ1) is 12.7. The molecule has 2 saturated heterocycles. The molecule has 148 valence electrons. The number of amides is 2. The van der Waals surface area contributed by atoms with E-state index in [1.807, 2.05) is 0 Å². The molecule has 2 aliphatic heterocycles. The van der Waals surface area contributed by atoms with Crippen LogP contribution in [0.1, 0.15) is 12.8 Å². The highest BCUT2D eigenvalue weighted by atomic mass is 19.4. The molecule has 0 saturated carbocycles. The Hall–Kier alpha value is -2.36. The SMILES string of the molecule is O=C(CN1CN(c2cccc(F)c2)C2(CCNCC2)C1=O)NCC(F)(F)F. The molecule has 0 unspecified atom stereocenters. The zero-order valence-electron chi connectivity index (χ0n) is 14.5. The second-order valence-corrected chi connectivity index (χ2v) is 6.73. The highest BCUT2D eigenvalue weighted by Gasteiger charge is 2.53. The van der Waals surface area contributed by atoms with E-state index in [1.54, 1.807) is 16.3 Å². The van der Waals surface area contributed by atoms with Gasteiger partial charge >= 0.3 is 6.18 Å². The predicted molar refractivity (Wildman–Crippen MR) is 89.4 cm³/mol. The number of anilines is 1. The second-order valence-electron chi connectivity index (χ2n) is 6.73. The Morgan fingerprint density at radius 1 is 1.26 bits per heavy atom.